The van der Waals surface area contributed by atoms with Crippen molar-refractivity contribution in [1.29, 1.82) is 0 Å². The van der Waals surface area contributed by atoms with Gasteiger partial charge in [0.1, 0.15) is 0 Å². The van der Waals surface area contributed by atoms with Crippen molar-refractivity contribution in [2.24, 2.45) is 0 Å². The first-order valence-corrected chi connectivity index (χ1v) is 6.25. The van der Waals surface area contributed by atoms with Crippen LogP contribution in [-0.2, 0) is 0 Å². The van der Waals surface area contributed by atoms with Crippen LogP contribution in [0, 0.1) is 6.92 Å². The standard InChI is InChI=1S/C13H17ClN2O/c1-9-7-11(14)3-4-12(9)13(17)16-6-5-15-8-10(16)2/h3-4,7,10,15H,5-6,8H2,1-2H3/t10-/m1/s1. The molecule has 1 atom stereocenters. The number of benzene rings is 1. The van der Waals surface area contributed by atoms with E-state index >= 15 is 0 Å². The largest absolute Gasteiger partial charge is 0.333 e. The van der Waals surface area contributed by atoms with Crippen LogP contribution >= 0.6 is 11.6 Å². The minimum atomic E-state index is 0.105. The van der Waals surface area contributed by atoms with E-state index in [2.05, 4.69) is 12.2 Å². The predicted octanol–water partition coefficient (Wildman–Crippen LogP) is 2.08. The summed E-state index contributed by atoms with van der Waals surface area (Å²) in [5.74, 6) is 0.105. The molecule has 1 aliphatic rings. The van der Waals surface area contributed by atoms with Crippen molar-refractivity contribution in [2.45, 2.75) is 19.9 Å². The smallest absolute Gasteiger partial charge is 0.254 e. The summed E-state index contributed by atoms with van der Waals surface area (Å²) in [6.07, 6.45) is 0. The Hall–Kier alpha value is -1.06. The van der Waals surface area contributed by atoms with Gasteiger partial charge in [0.05, 0.1) is 0 Å². The van der Waals surface area contributed by atoms with E-state index in [1.54, 1.807) is 6.07 Å². The van der Waals surface area contributed by atoms with Gasteiger partial charge in [-0.25, -0.2) is 0 Å². The number of nitrogens with zero attached hydrogens (tertiary/aromatic N) is 1. The third-order valence-electron chi connectivity index (χ3n) is 3.18. The fourth-order valence-electron chi connectivity index (χ4n) is 2.16. The summed E-state index contributed by atoms with van der Waals surface area (Å²) in [7, 11) is 0. The Kier molecular flexibility index (Phi) is 3.69. The Labute approximate surface area is 107 Å². The summed E-state index contributed by atoms with van der Waals surface area (Å²) in [6, 6.07) is 5.66. The molecule has 1 heterocycles. The van der Waals surface area contributed by atoms with E-state index < -0.39 is 0 Å². The van der Waals surface area contributed by atoms with Gasteiger partial charge in [-0.2, -0.15) is 0 Å². The second-order valence-corrected chi connectivity index (χ2v) is 4.95. The first-order chi connectivity index (χ1) is 8.09. The summed E-state index contributed by atoms with van der Waals surface area (Å²) in [4.78, 5) is 14.3. The van der Waals surface area contributed by atoms with Gasteiger partial charge in [-0.3, -0.25) is 4.79 Å². The zero-order chi connectivity index (χ0) is 12.4. The lowest BCUT2D eigenvalue weighted by Crippen LogP contribution is -2.52. The van der Waals surface area contributed by atoms with E-state index in [9.17, 15) is 4.79 Å². The molecule has 1 amide bonds. The lowest BCUT2D eigenvalue weighted by atomic mass is 10.1. The van der Waals surface area contributed by atoms with E-state index in [-0.39, 0.29) is 11.9 Å². The number of rotatable bonds is 1. The van der Waals surface area contributed by atoms with Crippen molar-refractivity contribution < 1.29 is 4.79 Å². The number of carbonyl (C=O) groups is 1. The molecule has 0 aliphatic carbocycles. The van der Waals surface area contributed by atoms with Gasteiger partial charge in [0.25, 0.3) is 5.91 Å². The fourth-order valence-corrected chi connectivity index (χ4v) is 2.39. The molecule has 0 bridgehead atoms. The molecule has 0 saturated carbocycles. The van der Waals surface area contributed by atoms with Crippen molar-refractivity contribution in [3.05, 3.63) is 34.3 Å². The number of nitrogens with one attached hydrogen (secondary N) is 1. The van der Waals surface area contributed by atoms with E-state index in [0.29, 0.717) is 5.02 Å². The third kappa shape index (κ3) is 2.61. The third-order valence-corrected chi connectivity index (χ3v) is 3.42. The van der Waals surface area contributed by atoms with Crippen LogP contribution < -0.4 is 5.32 Å². The van der Waals surface area contributed by atoms with Crippen LogP contribution in [0.2, 0.25) is 5.02 Å². The lowest BCUT2D eigenvalue weighted by molar-refractivity contribution is 0.0655. The molecule has 0 unspecified atom stereocenters. The summed E-state index contributed by atoms with van der Waals surface area (Å²) in [5.41, 5.74) is 1.69. The number of amides is 1. The molecule has 0 aromatic heterocycles. The molecule has 92 valence electrons. The van der Waals surface area contributed by atoms with Gasteiger partial charge in [0, 0.05) is 36.3 Å². The molecule has 0 spiro atoms. The molecule has 4 heteroatoms. The maximum atomic E-state index is 12.4. The number of aryl methyl sites for hydroxylation is 1. The molecule has 1 N–H and O–H groups in total. The van der Waals surface area contributed by atoms with E-state index in [4.69, 9.17) is 11.6 Å². The van der Waals surface area contributed by atoms with Crippen molar-refractivity contribution in [3.63, 3.8) is 0 Å². The summed E-state index contributed by atoms with van der Waals surface area (Å²) < 4.78 is 0. The molecule has 17 heavy (non-hydrogen) atoms. The molecule has 1 saturated heterocycles. The molecular formula is C13H17ClN2O. The van der Waals surface area contributed by atoms with Gasteiger partial charge in [0.2, 0.25) is 0 Å². The maximum Gasteiger partial charge on any atom is 0.254 e. The first kappa shape index (κ1) is 12.4. The van der Waals surface area contributed by atoms with E-state index in [1.807, 2.05) is 24.0 Å². The van der Waals surface area contributed by atoms with Crippen LogP contribution in [0.5, 0.6) is 0 Å². The Morgan fingerprint density at radius 3 is 2.94 bits per heavy atom. The minimum absolute atomic E-state index is 0.105. The zero-order valence-corrected chi connectivity index (χ0v) is 10.9. The molecular weight excluding hydrogens is 236 g/mol. The van der Waals surface area contributed by atoms with E-state index in [1.165, 1.54) is 0 Å². The van der Waals surface area contributed by atoms with Crippen molar-refractivity contribution in [1.82, 2.24) is 10.2 Å². The molecule has 2 rings (SSSR count). The molecule has 3 nitrogen and oxygen atoms in total. The van der Waals surface area contributed by atoms with Crippen LogP contribution in [0.4, 0.5) is 0 Å². The Morgan fingerprint density at radius 1 is 1.53 bits per heavy atom. The number of hydrogen-bond donors (Lipinski definition) is 1. The normalized spacial score (nSPS) is 20.4. The van der Waals surface area contributed by atoms with Gasteiger partial charge >= 0.3 is 0 Å². The van der Waals surface area contributed by atoms with Crippen molar-refractivity contribution in [2.75, 3.05) is 19.6 Å². The summed E-state index contributed by atoms with van der Waals surface area (Å²) in [5, 5.41) is 3.95. The van der Waals surface area contributed by atoms with Crippen LogP contribution in [0.15, 0.2) is 18.2 Å². The highest BCUT2D eigenvalue weighted by Crippen LogP contribution is 2.18. The molecule has 1 aromatic carbocycles. The average Bonchev–Trinajstić information content (AvgIpc) is 2.29. The SMILES string of the molecule is Cc1cc(Cl)ccc1C(=O)N1CCNC[C@H]1C. The quantitative estimate of drug-likeness (QED) is 0.830. The van der Waals surface area contributed by atoms with Crippen LogP contribution in [0.1, 0.15) is 22.8 Å². The summed E-state index contributed by atoms with van der Waals surface area (Å²) in [6.45, 7) is 6.48. The number of carbonyl (C=O) groups excluding carboxylic acids is 1. The zero-order valence-electron chi connectivity index (χ0n) is 10.2. The highest BCUT2D eigenvalue weighted by Gasteiger charge is 2.24. The van der Waals surface area contributed by atoms with Gasteiger partial charge < -0.3 is 10.2 Å². The lowest BCUT2D eigenvalue weighted by Gasteiger charge is -2.34. The summed E-state index contributed by atoms with van der Waals surface area (Å²) >= 11 is 5.90. The number of halogens is 1. The van der Waals surface area contributed by atoms with Crippen molar-refractivity contribution >= 4 is 17.5 Å². The predicted molar refractivity (Wildman–Crippen MR) is 69.6 cm³/mol. The molecule has 1 fully saturated rings. The number of piperazine rings is 1. The maximum absolute atomic E-state index is 12.4. The first-order valence-electron chi connectivity index (χ1n) is 5.87. The Bertz CT molecular complexity index is 433. The van der Waals surface area contributed by atoms with Gasteiger partial charge in [0.15, 0.2) is 0 Å². The van der Waals surface area contributed by atoms with Crippen LogP contribution in [0.3, 0.4) is 0 Å². The van der Waals surface area contributed by atoms with Gasteiger partial charge in [-0.1, -0.05) is 11.6 Å². The van der Waals surface area contributed by atoms with E-state index in [0.717, 1.165) is 30.8 Å². The highest BCUT2D eigenvalue weighted by atomic mass is 35.5. The van der Waals surface area contributed by atoms with Crippen LogP contribution in [0.25, 0.3) is 0 Å². The minimum Gasteiger partial charge on any atom is -0.333 e. The van der Waals surface area contributed by atoms with Gasteiger partial charge in [-0.05, 0) is 37.6 Å². The highest BCUT2D eigenvalue weighted by molar-refractivity contribution is 6.30. The van der Waals surface area contributed by atoms with Crippen molar-refractivity contribution in [3.8, 4) is 0 Å². The molecule has 1 aliphatic heterocycles. The monoisotopic (exact) mass is 252 g/mol. The second-order valence-electron chi connectivity index (χ2n) is 4.51. The fraction of sp³-hybridized carbons (Fsp3) is 0.462. The molecule has 0 radical (unpaired) electrons. The number of hydrogen-bond acceptors (Lipinski definition) is 2. The topological polar surface area (TPSA) is 32.3 Å². The average molecular weight is 253 g/mol. The van der Waals surface area contributed by atoms with Gasteiger partial charge in [-0.15, -0.1) is 0 Å². The Balaban J connectivity index is 2.24. The van der Waals surface area contributed by atoms with Crippen LogP contribution in [-0.4, -0.2) is 36.5 Å². The Morgan fingerprint density at radius 2 is 2.29 bits per heavy atom. The molecule has 1 aromatic rings. The second kappa shape index (κ2) is 5.07.